The molecule has 158 valence electrons. The Labute approximate surface area is 191 Å². The van der Waals surface area contributed by atoms with Crippen LogP contribution in [0.3, 0.4) is 0 Å². The first-order chi connectivity index (χ1) is 15.6. The number of hydrogen-bond donors (Lipinski definition) is 4. The van der Waals surface area contributed by atoms with Crippen LogP contribution in [0.5, 0.6) is 0 Å². The van der Waals surface area contributed by atoms with E-state index in [1.165, 1.54) is 0 Å². The van der Waals surface area contributed by atoms with Gasteiger partial charge in [-0.15, -0.1) is 0 Å². The summed E-state index contributed by atoms with van der Waals surface area (Å²) in [6.45, 7) is 0. The van der Waals surface area contributed by atoms with E-state index in [0.29, 0.717) is 22.5 Å². The first-order valence-corrected chi connectivity index (χ1v) is 10.9. The lowest BCUT2D eigenvalue weighted by molar-refractivity contribution is 0.954. The molecule has 0 aliphatic rings. The van der Waals surface area contributed by atoms with Crippen molar-refractivity contribution in [3.63, 3.8) is 0 Å². The highest BCUT2D eigenvalue weighted by Gasteiger charge is 2.30. The third-order valence-corrected chi connectivity index (χ3v) is 6.06. The Balaban J connectivity index is 1.81. The molecule has 0 atom stereocenters. The molecule has 0 saturated heterocycles. The zero-order valence-corrected chi connectivity index (χ0v) is 18.4. The van der Waals surface area contributed by atoms with Crippen LogP contribution < -0.4 is 11.1 Å². The zero-order valence-electron chi connectivity index (χ0n) is 16.9. The van der Waals surface area contributed by atoms with Crippen LogP contribution in [-0.2, 0) is 0 Å². The molecule has 0 aliphatic heterocycles. The molecule has 6 nitrogen and oxygen atoms in total. The molecular weight excluding hydrogens is 468 g/mol. The average molecular weight is 487 g/mol. The number of nitrogens with one attached hydrogen (secondary N) is 4. The summed E-state index contributed by atoms with van der Waals surface area (Å²) in [5, 5.41) is 11.5. The Hall–Kier alpha value is -3.84. The van der Waals surface area contributed by atoms with Gasteiger partial charge < -0.3 is 0 Å². The summed E-state index contributed by atoms with van der Waals surface area (Å²) in [4.78, 5) is 26.3. The normalized spacial score (nSPS) is 11.2. The van der Waals surface area contributed by atoms with Gasteiger partial charge in [-0.05, 0) is 28.8 Å². The van der Waals surface area contributed by atoms with E-state index < -0.39 is 5.92 Å². The maximum atomic E-state index is 13.1. The van der Waals surface area contributed by atoms with Crippen molar-refractivity contribution in [2.24, 2.45) is 0 Å². The van der Waals surface area contributed by atoms with Gasteiger partial charge in [0.25, 0.3) is 11.1 Å². The Morgan fingerprint density at radius 1 is 0.562 bits per heavy atom. The predicted octanol–water partition coefficient (Wildman–Crippen LogP) is 5.00. The van der Waals surface area contributed by atoms with Crippen LogP contribution in [0.4, 0.5) is 0 Å². The summed E-state index contributed by atoms with van der Waals surface area (Å²) in [7, 11) is 0. The summed E-state index contributed by atoms with van der Waals surface area (Å²) < 4.78 is 0.914. The van der Waals surface area contributed by atoms with E-state index in [1.807, 2.05) is 84.9 Å². The lowest BCUT2D eigenvalue weighted by Crippen LogP contribution is -2.20. The maximum absolute atomic E-state index is 13.1. The maximum Gasteiger partial charge on any atom is 0.268 e. The number of aromatic amines is 4. The number of aromatic nitrogens is 4. The van der Waals surface area contributed by atoms with E-state index in [-0.39, 0.29) is 11.1 Å². The van der Waals surface area contributed by atoms with Crippen molar-refractivity contribution >= 4 is 15.9 Å². The summed E-state index contributed by atoms with van der Waals surface area (Å²) in [5.74, 6) is -0.599. The van der Waals surface area contributed by atoms with Crippen LogP contribution >= 0.6 is 15.9 Å². The Bertz CT molecular complexity index is 1370. The fraction of sp³-hybridized carbons (Fsp3) is 0.0400. The summed E-state index contributed by atoms with van der Waals surface area (Å²) in [6, 6.07) is 26.9. The van der Waals surface area contributed by atoms with Gasteiger partial charge in [-0.3, -0.25) is 30.0 Å². The standard InChI is InChI=1S/C25H19BrN4O2/c26-18-13-11-15(12-14-18)19(20-22(27-29-24(20)31)16-7-3-1-4-8-16)21-23(28-30-25(21)32)17-9-5-2-6-10-17/h1-14,19H,(H2,27,29,31)(H2,28,30,32). The van der Waals surface area contributed by atoms with Crippen molar-refractivity contribution in [3.05, 3.63) is 127 Å². The molecule has 0 amide bonds. The van der Waals surface area contributed by atoms with Crippen LogP contribution in [0.25, 0.3) is 22.5 Å². The van der Waals surface area contributed by atoms with E-state index >= 15 is 0 Å². The fourth-order valence-electron chi connectivity index (χ4n) is 4.08. The van der Waals surface area contributed by atoms with E-state index in [1.54, 1.807) is 0 Å². The molecule has 3 aromatic carbocycles. The van der Waals surface area contributed by atoms with E-state index in [2.05, 4.69) is 36.3 Å². The lowest BCUT2D eigenvalue weighted by Gasteiger charge is -2.18. The monoisotopic (exact) mass is 486 g/mol. The smallest absolute Gasteiger partial charge is 0.268 e. The summed E-state index contributed by atoms with van der Waals surface area (Å²) >= 11 is 3.48. The molecule has 0 radical (unpaired) electrons. The van der Waals surface area contributed by atoms with Gasteiger partial charge in [-0.2, -0.15) is 0 Å². The van der Waals surface area contributed by atoms with Crippen LogP contribution in [0.1, 0.15) is 22.6 Å². The number of halogens is 1. The topological polar surface area (TPSA) is 97.3 Å². The minimum absolute atomic E-state index is 0.267. The quantitative estimate of drug-likeness (QED) is 0.281. The molecule has 0 unspecified atom stereocenters. The van der Waals surface area contributed by atoms with Crippen molar-refractivity contribution in [3.8, 4) is 22.5 Å². The largest absolute Gasteiger partial charge is 0.297 e. The van der Waals surface area contributed by atoms with Crippen LogP contribution in [-0.4, -0.2) is 20.4 Å². The van der Waals surface area contributed by atoms with Crippen LogP contribution in [0, 0.1) is 0 Å². The Morgan fingerprint density at radius 3 is 1.44 bits per heavy atom. The zero-order chi connectivity index (χ0) is 22.1. The number of rotatable bonds is 5. The first kappa shape index (κ1) is 20.1. The lowest BCUT2D eigenvalue weighted by atomic mass is 9.83. The molecule has 2 aromatic heterocycles. The minimum atomic E-state index is -0.599. The van der Waals surface area contributed by atoms with Gasteiger partial charge in [0.15, 0.2) is 0 Å². The van der Waals surface area contributed by atoms with Gasteiger partial charge in [0.2, 0.25) is 0 Å². The van der Waals surface area contributed by atoms with Crippen LogP contribution in [0.2, 0.25) is 0 Å². The van der Waals surface area contributed by atoms with Crippen molar-refractivity contribution < 1.29 is 0 Å². The van der Waals surface area contributed by atoms with Gasteiger partial charge in [-0.25, -0.2) is 0 Å². The van der Waals surface area contributed by atoms with Crippen LogP contribution in [0.15, 0.2) is 99.0 Å². The fourth-order valence-corrected chi connectivity index (χ4v) is 4.35. The van der Waals surface area contributed by atoms with E-state index in [0.717, 1.165) is 21.2 Å². The molecule has 0 aliphatic carbocycles. The molecule has 0 spiro atoms. The molecule has 2 heterocycles. The van der Waals surface area contributed by atoms with Gasteiger partial charge in [0, 0.05) is 10.4 Å². The van der Waals surface area contributed by atoms with Gasteiger partial charge >= 0.3 is 0 Å². The van der Waals surface area contributed by atoms with E-state index in [4.69, 9.17) is 0 Å². The average Bonchev–Trinajstić information content (AvgIpc) is 3.40. The highest BCUT2D eigenvalue weighted by molar-refractivity contribution is 9.10. The number of H-pyrrole nitrogens is 4. The van der Waals surface area contributed by atoms with Crippen molar-refractivity contribution in [2.75, 3.05) is 0 Å². The minimum Gasteiger partial charge on any atom is -0.297 e. The van der Waals surface area contributed by atoms with Crippen molar-refractivity contribution in [1.29, 1.82) is 0 Å². The van der Waals surface area contributed by atoms with E-state index in [9.17, 15) is 9.59 Å². The third-order valence-electron chi connectivity index (χ3n) is 5.54. The second-order valence-corrected chi connectivity index (χ2v) is 8.37. The second kappa shape index (κ2) is 8.36. The van der Waals surface area contributed by atoms with Gasteiger partial charge in [0.05, 0.1) is 22.5 Å². The molecule has 7 heteroatoms. The molecule has 5 rings (SSSR count). The SMILES string of the molecule is O=c1[nH][nH]c(-c2ccccc2)c1C(c1ccc(Br)cc1)c1c(-c2ccccc2)[nH][nH]c1=O. The highest BCUT2D eigenvalue weighted by atomic mass is 79.9. The first-order valence-electron chi connectivity index (χ1n) is 10.1. The summed E-state index contributed by atoms with van der Waals surface area (Å²) in [6.07, 6.45) is 0. The molecular formula is C25H19BrN4O2. The Kier molecular flexibility index (Phi) is 5.25. The molecule has 0 saturated carbocycles. The predicted molar refractivity (Wildman–Crippen MR) is 129 cm³/mol. The molecule has 4 N–H and O–H groups in total. The van der Waals surface area contributed by atoms with Crippen molar-refractivity contribution in [1.82, 2.24) is 20.4 Å². The molecule has 0 fully saturated rings. The second-order valence-electron chi connectivity index (χ2n) is 7.45. The summed E-state index contributed by atoms with van der Waals surface area (Å²) in [5.41, 5.74) is 4.30. The third kappa shape index (κ3) is 3.56. The highest BCUT2D eigenvalue weighted by Crippen LogP contribution is 2.37. The van der Waals surface area contributed by atoms with Gasteiger partial charge in [-0.1, -0.05) is 88.7 Å². The number of hydrogen-bond acceptors (Lipinski definition) is 2. The molecule has 0 bridgehead atoms. The Morgan fingerprint density at radius 2 is 1.00 bits per heavy atom. The molecule has 5 aromatic rings. The van der Waals surface area contributed by atoms with Gasteiger partial charge in [0.1, 0.15) is 0 Å². The van der Waals surface area contributed by atoms with Crippen molar-refractivity contribution in [2.45, 2.75) is 5.92 Å². The number of benzene rings is 3. The molecule has 32 heavy (non-hydrogen) atoms.